The molecule has 12 heteroatoms. The van der Waals surface area contributed by atoms with E-state index in [9.17, 15) is 9.18 Å². The SMILES string of the molecule is CSCCn1c(CN2CCC(c3cccc(OCc4ccc(C#N)cc4F)n3)CC2)nc2ccc(C(=O)NC(C)(C)CCOC(C)(C)CN)cc21. The first-order valence-corrected chi connectivity index (χ1v) is 18.9. The van der Waals surface area contributed by atoms with Gasteiger partial charge in [0.05, 0.1) is 34.8 Å². The monoisotopic (exact) mass is 715 g/mol. The molecule has 0 radical (unpaired) electrons. The van der Waals surface area contributed by atoms with Crippen LogP contribution in [0.25, 0.3) is 11.0 Å². The first kappa shape index (κ1) is 38.2. The number of carbonyl (C=O) groups excluding carboxylic acids is 1. The maximum Gasteiger partial charge on any atom is 0.251 e. The van der Waals surface area contributed by atoms with Gasteiger partial charge in [0.15, 0.2) is 0 Å². The molecule has 51 heavy (non-hydrogen) atoms. The second kappa shape index (κ2) is 17.0. The lowest BCUT2D eigenvalue weighted by atomic mass is 9.93. The van der Waals surface area contributed by atoms with Crippen LogP contribution >= 0.6 is 11.8 Å². The van der Waals surface area contributed by atoms with E-state index >= 15 is 0 Å². The molecule has 5 rings (SSSR count). The lowest BCUT2D eigenvalue weighted by Crippen LogP contribution is -2.45. The van der Waals surface area contributed by atoms with Crippen LogP contribution in [0.3, 0.4) is 0 Å². The van der Waals surface area contributed by atoms with Gasteiger partial charge in [0.25, 0.3) is 5.91 Å². The molecule has 2 aromatic carbocycles. The fraction of sp³-hybridized carbons (Fsp3) is 0.487. The number of carbonyl (C=O) groups is 1. The molecular weight excluding hydrogens is 666 g/mol. The van der Waals surface area contributed by atoms with E-state index in [0.717, 1.165) is 67.3 Å². The van der Waals surface area contributed by atoms with E-state index in [1.807, 2.05) is 64.1 Å². The van der Waals surface area contributed by atoms with Crippen molar-refractivity contribution >= 4 is 28.7 Å². The number of aryl methyl sites for hydroxylation is 1. The van der Waals surface area contributed by atoms with Gasteiger partial charge in [-0.05, 0) is 103 Å². The summed E-state index contributed by atoms with van der Waals surface area (Å²) in [4.78, 5) is 25.7. The van der Waals surface area contributed by atoms with Crippen LogP contribution < -0.4 is 15.8 Å². The minimum atomic E-state index is -0.463. The van der Waals surface area contributed by atoms with Crippen molar-refractivity contribution in [2.75, 3.05) is 38.2 Å². The molecule has 1 saturated heterocycles. The van der Waals surface area contributed by atoms with Crippen molar-refractivity contribution in [3.05, 3.63) is 88.6 Å². The Bertz CT molecular complexity index is 1850. The Balaban J connectivity index is 1.21. The van der Waals surface area contributed by atoms with Crippen LogP contribution in [0.15, 0.2) is 54.6 Å². The van der Waals surface area contributed by atoms with Gasteiger partial charge < -0.3 is 25.1 Å². The topological polar surface area (TPSA) is 131 Å². The van der Waals surface area contributed by atoms with Gasteiger partial charge in [-0.1, -0.05) is 12.1 Å². The van der Waals surface area contributed by atoms with Crippen LogP contribution in [0.1, 0.15) is 85.9 Å². The molecule has 1 aliphatic heterocycles. The number of ether oxygens (including phenoxy) is 2. The van der Waals surface area contributed by atoms with Crippen LogP contribution in [0.4, 0.5) is 4.39 Å². The summed E-state index contributed by atoms with van der Waals surface area (Å²) in [5, 5.41) is 12.2. The van der Waals surface area contributed by atoms with E-state index in [0.29, 0.717) is 36.6 Å². The Morgan fingerprint density at radius 3 is 2.61 bits per heavy atom. The number of thioether (sulfide) groups is 1. The number of hydrogen-bond donors (Lipinski definition) is 2. The van der Waals surface area contributed by atoms with E-state index in [2.05, 4.69) is 21.0 Å². The highest BCUT2D eigenvalue weighted by Crippen LogP contribution is 2.30. The average molecular weight is 716 g/mol. The molecule has 10 nitrogen and oxygen atoms in total. The van der Waals surface area contributed by atoms with Crippen molar-refractivity contribution in [3.63, 3.8) is 0 Å². The van der Waals surface area contributed by atoms with E-state index in [1.54, 1.807) is 30.0 Å². The zero-order valence-electron chi connectivity index (χ0n) is 30.4. The molecule has 0 unspecified atom stereocenters. The van der Waals surface area contributed by atoms with Gasteiger partial charge in [0.2, 0.25) is 5.88 Å². The summed E-state index contributed by atoms with van der Waals surface area (Å²) >= 11 is 1.79. The molecule has 272 valence electrons. The maximum atomic E-state index is 14.3. The Kier molecular flexibility index (Phi) is 12.7. The lowest BCUT2D eigenvalue weighted by molar-refractivity contribution is -0.0181. The number of pyridine rings is 1. The second-order valence-electron chi connectivity index (χ2n) is 14.4. The number of benzene rings is 2. The number of amides is 1. The van der Waals surface area contributed by atoms with Crippen molar-refractivity contribution in [2.45, 2.75) is 83.7 Å². The third-order valence-electron chi connectivity index (χ3n) is 9.45. The molecule has 1 fully saturated rings. The molecule has 0 spiro atoms. The highest BCUT2D eigenvalue weighted by Gasteiger charge is 2.26. The van der Waals surface area contributed by atoms with Crippen molar-refractivity contribution < 1.29 is 18.7 Å². The normalized spacial score (nSPS) is 14.5. The standard InChI is InChI=1S/C39H50FN7O3S/c1-38(2,15-19-50-39(3,4)26-42)45-37(48)29-11-12-33-34(22-29)47(18-20-51-5)35(43-33)24-46-16-13-28(14-17-46)32-7-6-8-36(44-32)49-25-30-10-9-27(23-41)21-31(30)40/h6-12,21-22,28H,13-20,24-26,42H2,1-5H3,(H,45,48). The molecule has 0 atom stereocenters. The first-order chi connectivity index (χ1) is 24.4. The van der Waals surface area contributed by atoms with Gasteiger partial charge in [-0.3, -0.25) is 9.69 Å². The van der Waals surface area contributed by atoms with Gasteiger partial charge in [0, 0.05) is 59.8 Å². The Labute approximate surface area is 304 Å². The van der Waals surface area contributed by atoms with Gasteiger partial charge >= 0.3 is 0 Å². The first-order valence-electron chi connectivity index (χ1n) is 17.6. The summed E-state index contributed by atoms with van der Waals surface area (Å²) in [7, 11) is 0. The number of fused-ring (bicyclic) bond motifs is 1. The highest BCUT2D eigenvalue weighted by molar-refractivity contribution is 7.98. The maximum absolute atomic E-state index is 14.3. The van der Waals surface area contributed by atoms with Gasteiger partial charge in [-0.2, -0.15) is 17.0 Å². The third kappa shape index (κ3) is 10.3. The number of nitriles is 1. The number of aromatic nitrogens is 3. The molecule has 1 amide bonds. The predicted octanol–water partition coefficient (Wildman–Crippen LogP) is 6.42. The molecule has 3 heterocycles. The van der Waals surface area contributed by atoms with Crippen LogP contribution in [-0.2, 0) is 24.4 Å². The summed E-state index contributed by atoms with van der Waals surface area (Å²) in [5.74, 6) is 2.10. The zero-order valence-corrected chi connectivity index (χ0v) is 31.2. The van der Waals surface area contributed by atoms with Gasteiger partial charge in [-0.25, -0.2) is 14.4 Å². The van der Waals surface area contributed by atoms with Crippen molar-refractivity contribution in [2.24, 2.45) is 5.73 Å². The van der Waals surface area contributed by atoms with E-state index in [1.165, 1.54) is 6.07 Å². The van der Waals surface area contributed by atoms with Crippen molar-refractivity contribution in [1.29, 1.82) is 5.26 Å². The number of piperidine rings is 1. The van der Waals surface area contributed by atoms with E-state index < -0.39 is 17.0 Å². The number of likely N-dealkylation sites (tertiary alicyclic amines) is 1. The molecule has 0 saturated carbocycles. The van der Waals surface area contributed by atoms with E-state index in [4.69, 9.17) is 30.4 Å². The minimum Gasteiger partial charge on any atom is -0.473 e. The summed E-state index contributed by atoms with van der Waals surface area (Å²) in [5.41, 5.74) is 9.03. The van der Waals surface area contributed by atoms with Crippen LogP contribution in [0, 0.1) is 17.1 Å². The number of imidazole rings is 1. The Morgan fingerprint density at radius 1 is 1.12 bits per heavy atom. The fourth-order valence-corrected chi connectivity index (χ4v) is 6.53. The predicted molar refractivity (Wildman–Crippen MR) is 200 cm³/mol. The summed E-state index contributed by atoms with van der Waals surface area (Å²) < 4.78 is 28.4. The molecule has 4 aromatic rings. The summed E-state index contributed by atoms with van der Waals surface area (Å²) in [6.45, 7) is 12.2. The van der Waals surface area contributed by atoms with Gasteiger partial charge in [-0.15, -0.1) is 0 Å². The fourth-order valence-electron chi connectivity index (χ4n) is 6.16. The zero-order chi connectivity index (χ0) is 36.6. The summed E-state index contributed by atoms with van der Waals surface area (Å²) in [6.07, 6.45) is 4.65. The van der Waals surface area contributed by atoms with Crippen LogP contribution in [-0.4, -0.2) is 74.7 Å². The lowest BCUT2D eigenvalue weighted by Gasteiger charge is -2.31. The molecule has 3 N–H and O–H groups in total. The quantitative estimate of drug-likeness (QED) is 0.135. The largest absolute Gasteiger partial charge is 0.473 e. The summed E-state index contributed by atoms with van der Waals surface area (Å²) in [6, 6.07) is 17.8. The van der Waals surface area contributed by atoms with Crippen molar-refractivity contribution in [3.8, 4) is 11.9 Å². The number of rotatable bonds is 16. The van der Waals surface area contributed by atoms with Gasteiger partial charge in [0.1, 0.15) is 18.2 Å². The number of nitrogens with one attached hydrogen (secondary N) is 1. The molecular formula is C39H50FN7O3S. The molecule has 2 aromatic heterocycles. The van der Waals surface area contributed by atoms with Crippen LogP contribution in [0.2, 0.25) is 0 Å². The Morgan fingerprint density at radius 2 is 1.90 bits per heavy atom. The smallest absolute Gasteiger partial charge is 0.251 e. The van der Waals surface area contributed by atoms with Crippen molar-refractivity contribution in [1.82, 2.24) is 24.8 Å². The average Bonchev–Trinajstić information content (AvgIpc) is 3.45. The highest BCUT2D eigenvalue weighted by atomic mass is 32.2. The van der Waals surface area contributed by atoms with Crippen LogP contribution in [0.5, 0.6) is 5.88 Å². The molecule has 0 aliphatic carbocycles. The number of hydrogen-bond acceptors (Lipinski definition) is 9. The molecule has 0 bridgehead atoms. The minimum absolute atomic E-state index is 0.0395. The van der Waals surface area contributed by atoms with E-state index in [-0.39, 0.29) is 24.0 Å². The molecule has 1 aliphatic rings. The number of nitrogens with two attached hydrogens (primary N) is 1. The number of nitrogens with zero attached hydrogens (tertiary/aromatic N) is 5. The second-order valence-corrected chi connectivity index (χ2v) is 15.4. The third-order valence-corrected chi connectivity index (χ3v) is 10.0. The number of halogens is 1. The Hall–Kier alpha value is -4.02.